The summed E-state index contributed by atoms with van der Waals surface area (Å²) in [5.74, 6) is 0. The molecule has 0 aliphatic heterocycles. The van der Waals surface area contributed by atoms with Crippen molar-refractivity contribution in [2.45, 2.75) is 36.7 Å². The quantitative estimate of drug-likeness (QED) is 0.853. The molecule has 0 heterocycles. The van der Waals surface area contributed by atoms with Crippen molar-refractivity contribution >= 4 is 10.0 Å². The summed E-state index contributed by atoms with van der Waals surface area (Å²) in [6.45, 7) is -0.697. The second kappa shape index (κ2) is 5.52. The van der Waals surface area contributed by atoms with E-state index < -0.39 is 29.1 Å². The van der Waals surface area contributed by atoms with Crippen molar-refractivity contribution in [2.24, 2.45) is 0 Å². The summed E-state index contributed by atoms with van der Waals surface area (Å²) >= 11 is 0. The van der Waals surface area contributed by atoms with Gasteiger partial charge in [0.1, 0.15) is 6.10 Å². The van der Waals surface area contributed by atoms with E-state index in [0.717, 1.165) is 30.4 Å². The molecule has 0 aromatic heterocycles. The predicted octanol–water partition coefficient (Wildman–Crippen LogP) is 1.08. The average molecular weight is 291 g/mol. The number of aliphatic hydroxyl groups is 1. The number of hydrogen-bond donors (Lipinski definition) is 2. The van der Waals surface area contributed by atoms with Crippen LogP contribution in [0.3, 0.4) is 0 Å². The molecule has 7 heteroatoms. The Labute approximate surface area is 110 Å². The Kier molecular flexibility index (Phi) is 4.17. The lowest BCUT2D eigenvalue weighted by Crippen LogP contribution is -2.35. The molecule has 0 amide bonds. The molecular formula is C12H15F2NO3S. The first-order valence-electron chi connectivity index (χ1n) is 5.98. The standard InChI is InChI=1S/C12H15F2NO3S/c13-12(14)11(16)7-15-19(17,18)10-5-4-8-2-1-3-9(8)6-10/h4-6,11-12,15-16H,1-3,7H2. The first kappa shape index (κ1) is 14.4. The highest BCUT2D eigenvalue weighted by molar-refractivity contribution is 7.89. The Bertz CT molecular complexity index is 560. The molecule has 0 bridgehead atoms. The molecule has 2 N–H and O–H groups in total. The highest BCUT2D eigenvalue weighted by Crippen LogP contribution is 2.24. The summed E-state index contributed by atoms with van der Waals surface area (Å²) in [5, 5.41) is 8.91. The SMILES string of the molecule is O=S(=O)(NCC(O)C(F)F)c1ccc2c(c1)CCC2. The number of nitrogens with one attached hydrogen (secondary N) is 1. The highest BCUT2D eigenvalue weighted by Gasteiger charge is 2.22. The molecule has 1 aliphatic carbocycles. The third kappa shape index (κ3) is 3.29. The summed E-state index contributed by atoms with van der Waals surface area (Å²) < 4.78 is 50.0. The summed E-state index contributed by atoms with van der Waals surface area (Å²) in [6, 6.07) is 4.78. The van der Waals surface area contributed by atoms with E-state index in [1.165, 1.54) is 6.07 Å². The van der Waals surface area contributed by atoms with Crippen molar-refractivity contribution in [3.8, 4) is 0 Å². The Balaban J connectivity index is 2.11. The Morgan fingerprint density at radius 3 is 2.63 bits per heavy atom. The lowest BCUT2D eigenvalue weighted by atomic mass is 10.1. The summed E-state index contributed by atoms with van der Waals surface area (Å²) in [4.78, 5) is 0.0506. The maximum atomic E-state index is 12.1. The van der Waals surface area contributed by atoms with Crippen molar-refractivity contribution in [1.82, 2.24) is 4.72 Å². The topological polar surface area (TPSA) is 66.4 Å². The lowest BCUT2D eigenvalue weighted by molar-refractivity contribution is -0.000451. The van der Waals surface area contributed by atoms with Crippen LogP contribution in [0.2, 0.25) is 0 Å². The maximum Gasteiger partial charge on any atom is 0.265 e. The van der Waals surface area contributed by atoms with Crippen LogP contribution >= 0.6 is 0 Å². The van der Waals surface area contributed by atoms with Crippen molar-refractivity contribution in [3.05, 3.63) is 29.3 Å². The molecule has 0 saturated carbocycles. The predicted molar refractivity (Wildman–Crippen MR) is 65.7 cm³/mol. The number of hydrogen-bond acceptors (Lipinski definition) is 3. The van der Waals surface area contributed by atoms with Crippen LogP contribution in [0.1, 0.15) is 17.5 Å². The zero-order valence-corrected chi connectivity index (χ0v) is 11.0. The van der Waals surface area contributed by atoms with Gasteiger partial charge < -0.3 is 5.11 Å². The second-order valence-corrected chi connectivity index (χ2v) is 6.30. The molecule has 4 nitrogen and oxygen atoms in total. The molecule has 1 aliphatic rings. The number of aliphatic hydroxyl groups excluding tert-OH is 1. The van der Waals surface area contributed by atoms with Crippen LogP contribution in [0.15, 0.2) is 23.1 Å². The zero-order chi connectivity index (χ0) is 14.0. The van der Waals surface area contributed by atoms with Gasteiger partial charge in [0.2, 0.25) is 10.0 Å². The fraction of sp³-hybridized carbons (Fsp3) is 0.500. The first-order chi connectivity index (χ1) is 8.90. The van der Waals surface area contributed by atoms with Crippen molar-refractivity contribution in [1.29, 1.82) is 0 Å². The highest BCUT2D eigenvalue weighted by atomic mass is 32.2. The minimum Gasteiger partial charge on any atom is -0.386 e. The number of halogens is 2. The molecule has 106 valence electrons. The fourth-order valence-corrected chi connectivity index (χ4v) is 3.18. The number of rotatable bonds is 5. The molecule has 1 unspecified atom stereocenters. The van der Waals surface area contributed by atoms with E-state index in [1.54, 1.807) is 12.1 Å². The summed E-state index contributed by atoms with van der Waals surface area (Å²) in [5.41, 5.74) is 2.11. The first-order valence-corrected chi connectivity index (χ1v) is 7.46. The van der Waals surface area contributed by atoms with Gasteiger partial charge in [0, 0.05) is 6.54 Å². The van der Waals surface area contributed by atoms with Gasteiger partial charge in [0.15, 0.2) is 0 Å². The largest absolute Gasteiger partial charge is 0.386 e. The van der Waals surface area contributed by atoms with E-state index >= 15 is 0 Å². The number of fused-ring (bicyclic) bond motifs is 1. The third-order valence-electron chi connectivity index (χ3n) is 3.15. The molecule has 2 rings (SSSR count). The van der Waals surface area contributed by atoms with Gasteiger partial charge in [-0.05, 0) is 42.5 Å². The minimum absolute atomic E-state index is 0.0506. The molecule has 0 spiro atoms. The summed E-state index contributed by atoms with van der Waals surface area (Å²) in [7, 11) is -3.85. The van der Waals surface area contributed by atoms with E-state index in [9.17, 15) is 17.2 Å². The van der Waals surface area contributed by atoms with Crippen molar-refractivity contribution in [2.75, 3.05) is 6.54 Å². The van der Waals surface area contributed by atoms with Gasteiger partial charge in [-0.25, -0.2) is 21.9 Å². The zero-order valence-electron chi connectivity index (χ0n) is 10.1. The molecule has 0 fully saturated rings. The van der Waals surface area contributed by atoms with Gasteiger partial charge in [0.05, 0.1) is 4.90 Å². The van der Waals surface area contributed by atoms with Crippen LogP contribution < -0.4 is 4.72 Å². The van der Waals surface area contributed by atoms with Gasteiger partial charge in [-0.15, -0.1) is 0 Å². The molecule has 1 aromatic carbocycles. The van der Waals surface area contributed by atoms with Crippen LogP contribution in [0.5, 0.6) is 0 Å². The monoisotopic (exact) mass is 291 g/mol. The number of aryl methyl sites for hydroxylation is 2. The van der Waals surface area contributed by atoms with Crippen LogP contribution in [-0.4, -0.2) is 32.6 Å². The van der Waals surface area contributed by atoms with Crippen LogP contribution in [0.4, 0.5) is 8.78 Å². The Morgan fingerprint density at radius 2 is 1.95 bits per heavy atom. The second-order valence-electron chi connectivity index (χ2n) is 4.54. The van der Waals surface area contributed by atoms with E-state index in [4.69, 9.17) is 5.11 Å². The number of alkyl halides is 2. The minimum atomic E-state index is -3.85. The van der Waals surface area contributed by atoms with Gasteiger partial charge >= 0.3 is 0 Å². The Hall–Kier alpha value is -1.05. The van der Waals surface area contributed by atoms with Crippen LogP contribution in [-0.2, 0) is 22.9 Å². The number of sulfonamides is 1. The fourth-order valence-electron chi connectivity index (χ4n) is 2.08. The van der Waals surface area contributed by atoms with Gasteiger partial charge in [-0.3, -0.25) is 0 Å². The molecule has 0 saturated heterocycles. The normalized spacial score (nSPS) is 16.6. The summed E-state index contributed by atoms with van der Waals surface area (Å²) in [6.07, 6.45) is -2.20. The molecule has 1 aromatic rings. The van der Waals surface area contributed by atoms with Crippen molar-refractivity contribution < 1.29 is 22.3 Å². The van der Waals surface area contributed by atoms with E-state index in [0.29, 0.717) is 0 Å². The van der Waals surface area contributed by atoms with Crippen LogP contribution in [0, 0.1) is 0 Å². The van der Waals surface area contributed by atoms with Crippen LogP contribution in [0.25, 0.3) is 0 Å². The average Bonchev–Trinajstić information content (AvgIpc) is 2.82. The molecular weight excluding hydrogens is 276 g/mol. The Morgan fingerprint density at radius 1 is 1.26 bits per heavy atom. The maximum absolute atomic E-state index is 12.1. The smallest absolute Gasteiger partial charge is 0.265 e. The molecule has 1 atom stereocenters. The van der Waals surface area contributed by atoms with Crippen molar-refractivity contribution in [3.63, 3.8) is 0 Å². The number of benzene rings is 1. The van der Waals surface area contributed by atoms with Gasteiger partial charge in [-0.1, -0.05) is 6.07 Å². The lowest BCUT2D eigenvalue weighted by Gasteiger charge is -2.12. The van der Waals surface area contributed by atoms with E-state index in [1.807, 2.05) is 4.72 Å². The molecule has 0 radical (unpaired) electrons. The van der Waals surface area contributed by atoms with E-state index in [-0.39, 0.29) is 4.90 Å². The van der Waals surface area contributed by atoms with Gasteiger partial charge in [-0.2, -0.15) is 0 Å². The molecule has 19 heavy (non-hydrogen) atoms. The van der Waals surface area contributed by atoms with Gasteiger partial charge in [0.25, 0.3) is 6.43 Å². The third-order valence-corrected chi connectivity index (χ3v) is 4.57. The van der Waals surface area contributed by atoms with E-state index in [2.05, 4.69) is 0 Å².